The van der Waals surface area contributed by atoms with Crippen molar-refractivity contribution in [3.05, 3.63) is 0 Å². The SMILES string of the molecule is CCCCCCCCCCCCCCCCCCCCCC(=O)OC[C@H](COC(=O)CCCCCCCCC)OC(=O)CCCCCCCCCCC(C)CC. The largest absolute Gasteiger partial charge is 0.462 e. The van der Waals surface area contributed by atoms with Crippen molar-refractivity contribution in [1.29, 1.82) is 0 Å². The van der Waals surface area contributed by atoms with Crippen molar-refractivity contribution >= 4 is 17.9 Å². The summed E-state index contributed by atoms with van der Waals surface area (Å²) in [6.45, 7) is 8.98. The normalized spacial score (nSPS) is 12.4. The van der Waals surface area contributed by atoms with E-state index in [9.17, 15) is 14.4 Å². The van der Waals surface area contributed by atoms with Crippen molar-refractivity contribution in [2.45, 2.75) is 284 Å². The molecule has 0 rings (SSSR count). The number of ether oxygens (including phenoxy) is 3. The lowest BCUT2D eigenvalue weighted by Gasteiger charge is -2.18. The average Bonchev–Trinajstić information content (AvgIpc) is 3.19. The minimum Gasteiger partial charge on any atom is -0.462 e. The number of unbranched alkanes of at least 4 members (excludes halogenated alkanes) is 31. The molecular formula is C50H96O6. The van der Waals surface area contributed by atoms with Crippen LogP contribution in [0.5, 0.6) is 0 Å². The maximum Gasteiger partial charge on any atom is 0.306 e. The molecule has 0 aromatic rings. The maximum absolute atomic E-state index is 12.7. The first kappa shape index (κ1) is 54.4. The third kappa shape index (κ3) is 42.0. The van der Waals surface area contributed by atoms with Gasteiger partial charge in [0.2, 0.25) is 0 Å². The Labute approximate surface area is 348 Å². The van der Waals surface area contributed by atoms with Gasteiger partial charge in [-0.15, -0.1) is 0 Å². The van der Waals surface area contributed by atoms with Crippen LogP contribution in [-0.4, -0.2) is 37.2 Å². The molecule has 0 aliphatic heterocycles. The van der Waals surface area contributed by atoms with Crippen LogP contribution in [0.4, 0.5) is 0 Å². The van der Waals surface area contributed by atoms with Gasteiger partial charge in [0.1, 0.15) is 13.2 Å². The second-order valence-electron chi connectivity index (χ2n) is 17.3. The van der Waals surface area contributed by atoms with Crippen LogP contribution in [0.1, 0.15) is 278 Å². The van der Waals surface area contributed by atoms with Gasteiger partial charge in [0.05, 0.1) is 0 Å². The second-order valence-corrected chi connectivity index (χ2v) is 17.3. The Morgan fingerprint density at radius 2 is 0.625 bits per heavy atom. The molecule has 6 nitrogen and oxygen atoms in total. The minimum absolute atomic E-state index is 0.0640. The van der Waals surface area contributed by atoms with Gasteiger partial charge in [0, 0.05) is 19.3 Å². The van der Waals surface area contributed by atoms with Crippen LogP contribution in [0.25, 0.3) is 0 Å². The van der Waals surface area contributed by atoms with Gasteiger partial charge in [-0.2, -0.15) is 0 Å². The molecule has 0 amide bonds. The topological polar surface area (TPSA) is 78.9 Å². The summed E-state index contributed by atoms with van der Waals surface area (Å²) in [7, 11) is 0. The van der Waals surface area contributed by atoms with E-state index >= 15 is 0 Å². The molecule has 332 valence electrons. The summed E-state index contributed by atoms with van der Waals surface area (Å²) >= 11 is 0. The van der Waals surface area contributed by atoms with Crippen molar-refractivity contribution in [2.24, 2.45) is 5.92 Å². The fourth-order valence-electron chi connectivity index (χ4n) is 7.48. The summed E-state index contributed by atoms with van der Waals surface area (Å²) < 4.78 is 16.7. The van der Waals surface area contributed by atoms with Gasteiger partial charge in [-0.1, -0.05) is 240 Å². The van der Waals surface area contributed by atoms with Crippen molar-refractivity contribution in [1.82, 2.24) is 0 Å². The average molecular weight is 793 g/mol. The lowest BCUT2D eigenvalue weighted by molar-refractivity contribution is -0.167. The van der Waals surface area contributed by atoms with Gasteiger partial charge in [-0.3, -0.25) is 14.4 Å². The molecule has 0 saturated heterocycles. The zero-order valence-corrected chi connectivity index (χ0v) is 38.1. The highest BCUT2D eigenvalue weighted by molar-refractivity contribution is 5.71. The third-order valence-electron chi connectivity index (χ3n) is 11.7. The van der Waals surface area contributed by atoms with E-state index in [-0.39, 0.29) is 31.1 Å². The first-order valence-electron chi connectivity index (χ1n) is 24.9. The van der Waals surface area contributed by atoms with E-state index in [4.69, 9.17) is 14.2 Å². The first-order valence-corrected chi connectivity index (χ1v) is 24.9. The molecular weight excluding hydrogens is 697 g/mol. The summed E-state index contributed by atoms with van der Waals surface area (Å²) in [4.78, 5) is 37.7. The van der Waals surface area contributed by atoms with Crippen LogP contribution < -0.4 is 0 Å². The van der Waals surface area contributed by atoms with Crippen molar-refractivity contribution < 1.29 is 28.6 Å². The standard InChI is InChI=1S/C50H96O6/c1-5-8-10-12-14-15-16-17-18-19-20-21-22-23-24-25-30-34-38-42-49(52)55-45-47(44-54-48(51)41-37-33-28-13-11-9-6-2)56-50(53)43-39-35-31-27-26-29-32-36-40-46(4)7-3/h46-47H,5-45H2,1-4H3/t46?,47-/m0/s1. The van der Waals surface area contributed by atoms with E-state index in [2.05, 4.69) is 27.7 Å². The molecule has 0 N–H and O–H groups in total. The van der Waals surface area contributed by atoms with Crippen LogP contribution >= 0.6 is 0 Å². The predicted molar refractivity (Wildman–Crippen MR) is 238 cm³/mol. The molecule has 6 heteroatoms. The van der Waals surface area contributed by atoms with Gasteiger partial charge in [-0.25, -0.2) is 0 Å². The highest BCUT2D eigenvalue weighted by Crippen LogP contribution is 2.17. The van der Waals surface area contributed by atoms with Crippen LogP contribution in [-0.2, 0) is 28.6 Å². The Morgan fingerprint density at radius 3 is 0.929 bits per heavy atom. The molecule has 0 bridgehead atoms. The van der Waals surface area contributed by atoms with E-state index < -0.39 is 6.10 Å². The number of hydrogen-bond donors (Lipinski definition) is 0. The Kier molecular flexibility index (Phi) is 43.2. The Morgan fingerprint density at radius 1 is 0.357 bits per heavy atom. The molecule has 0 fully saturated rings. The van der Waals surface area contributed by atoms with E-state index in [1.54, 1.807) is 0 Å². The summed E-state index contributed by atoms with van der Waals surface area (Å²) in [6, 6.07) is 0. The van der Waals surface area contributed by atoms with Gasteiger partial charge in [0.25, 0.3) is 0 Å². The molecule has 1 unspecified atom stereocenters. The smallest absolute Gasteiger partial charge is 0.306 e. The van der Waals surface area contributed by atoms with E-state index in [0.29, 0.717) is 19.3 Å². The Bertz CT molecular complexity index is 843. The number of hydrogen-bond acceptors (Lipinski definition) is 6. The lowest BCUT2D eigenvalue weighted by atomic mass is 9.99. The molecule has 0 aromatic heterocycles. The molecule has 2 atom stereocenters. The summed E-state index contributed by atoms with van der Waals surface area (Å²) in [5.41, 5.74) is 0. The van der Waals surface area contributed by atoms with Gasteiger partial charge in [-0.05, 0) is 25.2 Å². The number of carbonyl (C=O) groups excluding carboxylic acids is 3. The number of carbonyl (C=O) groups is 3. The zero-order chi connectivity index (χ0) is 41.0. The molecule has 56 heavy (non-hydrogen) atoms. The second kappa shape index (κ2) is 44.5. The monoisotopic (exact) mass is 793 g/mol. The van der Waals surface area contributed by atoms with Gasteiger partial charge >= 0.3 is 17.9 Å². The maximum atomic E-state index is 12.7. The Balaban J connectivity index is 4.17. The van der Waals surface area contributed by atoms with E-state index in [0.717, 1.165) is 63.7 Å². The molecule has 0 radical (unpaired) electrons. The third-order valence-corrected chi connectivity index (χ3v) is 11.7. The molecule has 0 saturated carbocycles. The minimum atomic E-state index is -0.759. The summed E-state index contributed by atoms with van der Waals surface area (Å²) in [5.74, 6) is -0.0122. The van der Waals surface area contributed by atoms with Gasteiger partial charge in [0.15, 0.2) is 6.10 Å². The predicted octanol–water partition coefficient (Wildman–Crippen LogP) is 15.9. The highest BCUT2D eigenvalue weighted by Gasteiger charge is 2.19. The van der Waals surface area contributed by atoms with Crippen LogP contribution in [0.3, 0.4) is 0 Å². The molecule has 0 aliphatic carbocycles. The fourth-order valence-corrected chi connectivity index (χ4v) is 7.48. The number of esters is 3. The first-order chi connectivity index (χ1) is 27.4. The van der Waals surface area contributed by atoms with E-state index in [1.807, 2.05) is 0 Å². The quantitative estimate of drug-likeness (QED) is 0.0347. The van der Waals surface area contributed by atoms with Gasteiger partial charge < -0.3 is 14.2 Å². The zero-order valence-electron chi connectivity index (χ0n) is 38.1. The number of rotatable bonds is 45. The summed E-state index contributed by atoms with van der Waals surface area (Å²) in [6.07, 6.45) is 45.3. The van der Waals surface area contributed by atoms with Crippen LogP contribution in [0.2, 0.25) is 0 Å². The van der Waals surface area contributed by atoms with E-state index in [1.165, 1.54) is 173 Å². The van der Waals surface area contributed by atoms with Crippen molar-refractivity contribution in [2.75, 3.05) is 13.2 Å². The molecule has 0 heterocycles. The van der Waals surface area contributed by atoms with Crippen molar-refractivity contribution in [3.8, 4) is 0 Å². The molecule has 0 spiro atoms. The summed E-state index contributed by atoms with van der Waals surface area (Å²) in [5, 5.41) is 0. The Hall–Kier alpha value is -1.59. The lowest BCUT2D eigenvalue weighted by Crippen LogP contribution is -2.30. The van der Waals surface area contributed by atoms with Crippen LogP contribution in [0, 0.1) is 5.92 Å². The fraction of sp³-hybridized carbons (Fsp3) is 0.940. The van der Waals surface area contributed by atoms with Crippen LogP contribution in [0.15, 0.2) is 0 Å². The highest BCUT2D eigenvalue weighted by atomic mass is 16.6. The molecule has 0 aliphatic rings. The van der Waals surface area contributed by atoms with Crippen molar-refractivity contribution in [3.63, 3.8) is 0 Å². The molecule has 0 aromatic carbocycles.